The fourth-order valence-electron chi connectivity index (χ4n) is 2.29. The van der Waals surface area contributed by atoms with E-state index >= 15 is 0 Å². The van der Waals surface area contributed by atoms with Crippen LogP contribution in [0.1, 0.15) is 34.8 Å². The summed E-state index contributed by atoms with van der Waals surface area (Å²) in [7, 11) is 1.29. The molecule has 0 spiro atoms. The van der Waals surface area contributed by atoms with E-state index in [1.54, 1.807) is 0 Å². The van der Waals surface area contributed by atoms with Gasteiger partial charge >= 0.3 is 5.97 Å². The first-order valence-electron chi connectivity index (χ1n) is 6.93. The van der Waals surface area contributed by atoms with Crippen LogP contribution in [0.15, 0.2) is 30.3 Å². The zero-order valence-corrected chi connectivity index (χ0v) is 11.8. The van der Waals surface area contributed by atoms with E-state index in [9.17, 15) is 9.59 Å². The number of carbonyl (C=O) groups excluding carboxylic acids is 2. The third kappa shape index (κ3) is 2.86. The van der Waals surface area contributed by atoms with Gasteiger partial charge in [-0.1, -0.05) is 18.2 Å². The highest BCUT2D eigenvalue weighted by Crippen LogP contribution is 2.40. The predicted molar refractivity (Wildman–Crippen MR) is 78.1 cm³/mol. The van der Waals surface area contributed by atoms with Gasteiger partial charge in [-0.2, -0.15) is 0 Å². The summed E-state index contributed by atoms with van der Waals surface area (Å²) in [6.45, 7) is -0.134. The number of pyridine rings is 1. The summed E-state index contributed by atoms with van der Waals surface area (Å²) in [6.07, 6.45) is 2.24. The lowest BCUT2D eigenvalue weighted by Crippen LogP contribution is -2.30. The van der Waals surface area contributed by atoms with Crippen LogP contribution in [0.4, 0.5) is 0 Å². The number of hydrogen-bond donors (Lipinski definition) is 1. The van der Waals surface area contributed by atoms with E-state index in [-0.39, 0.29) is 12.5 Å². The molecule has 1 amide bonds. The molecule has 0 radical (unpaired) electrons. The number of carbonyl (C=O) groups is 2. The monoisotopic (exact) mass is 284 g/mol. The Bertz CT molecular complexity index is 708. The molecular formula is C16H16N2O3. The number of benzene rings is 1. The van der Waals surface area contributed by atoms with Crippen molar-refractivity contribution in [2.24, 2.45) is 0 Å². The van der Waals surface area contributed by atoms with Crippen LogP contribution in [0.3, 0.4) is 0 Å². The second-order valence-electron chi connectivity index (χ2n) is 5.14. The number of methoxy groups -OCH3 is 1. The van der Waals surface area contributed by atoms with Gasteiger partial charge in [-0.25, -0.2) is 0 Å². The van der Waals surface area contributed by atoms with Crippen molar-refractivity contribution < 1.29 is 14.3 Å². The molecule has 0 bridgehead atoms. The first kappa shape index (κ1) is 13.5. The Labute approximate surface area is 122 Å². The van der Waals surface area contributed by atoms with Gasteiger partial charge in [0.1, 0.15) is 6.54 Å². The van der Waals surface area contributed by atoms with Crippen LogP contribution >= 0.6 is 0 Å². The summed E-state index contributed by atoms with van der Waals surface area (Å²) in [5, 5.41) is 3.38. The molecule has 5 nitrogen and oxygen atoms in total. The Hall–Kier alpha value is -2.43. The number of esters is 1. The van der Waals surface area contributed by atoms with Crippen molar-refractivity contribution in [1.29, 1.82) is 0 Å². The van der Waals surface area contributed by atoms with Crippen molar-refractivity contribution in [2.75, 3.05) is 13.7 Å². The molecule has 1 aromatic heterocycles. The van der Waals surface area contributed by atoms with Gasteiger partial charge in [0.2, 0.25) is 0 Å². The number of aromatic nitrogens is 1. The Balaban J connectivity index is 1.95. The first-order valence-corrected chi connectivity index (χ1v) is 6.93. The van der Waals surface area contributed by atoms with Crippen LogP contribution in [-0.2, 0) is 9.53 Å². The number of hydrogen-bond acceptors (Lipinski definition) is 4. The van der Waals surface area contributed by atoms with Crippen LogP contribution in [0.5, 0.6) is 0 Å². The van der Waals surface area contributed by atoms with E-state index in [2.05, 4.69) is 15.0 Å². The number of fused-ring (bicyclic) bond motifs is 1. The fourth-order valence-corrected chi connectivity index (χ4v) is 2.29. The van der Waals surface area contributed by atoms with Gasteiger partial charge in [-0.15, -0.1) is 0 Å². The maximum Gasteiger partial charge on any atom is 0.325 e. The Morgan fingerprint density at radius 2 is 2.10 bits per heavy atom. The van der Waals surface area contributed by atoms with E-state index in [0.717, 1.165) is 29.4 Å². The minimum atomic E-state index is -0.468. The van der Waals surface area contributed by atoms with Gasteiger partial charge in [0.25, 0.3) is 5.91 Å². The van der Waals surface area contributed by atoms with Crippen molar-refractivity contribution in [1.82, 2.24) is 10.3 Å². The van der Waals surface area contributed by atoms with Crippen LogP contribution in [0.2, 0.25) is 0 Å². The van der Waals surface area contributed by atoms with Gasteiger partial charge in [-0.3, -0.25) is 14.6 Å². The molecule has 0 unspecified atom stereocenters. The molecule has 0 atom stereocenters. The van der Waals surface area contributed by atoms with Crippen molar-refractivity contribution in [2.45, 2.75) is 18.8 Å². The molecule has 108 valence electrons. The molecule has 0 aliphatic heterocycles. The molecule has 0 saturated heterocycles. The molecule has 1 saturated carbocycles. The summed E-state index contributed by atoms with van der Waals surface area (Å²) in [5.41, 5.74) is 2.33. The van der Waals surface area contributed by atoms with E-state index in [4.69, 9.17) is 0 Å². The molecule has 2 aromatic rings. The second kappa shape index (κ2) is 5.52. The molecule has 3 rings (SSSR count). The molecule has 21 heavy (non-hydrogen) atoms. The van der Waals surface area contributed by atoms with Crippen LogP contribution in [0, 0.1) is 0 Å². The first-order chi connectivity index (χ1) is 10.2. The molecule has 1 aliphatic rings. The average molecular weight is 284 g/mol. The lowest BCUT2D eigenvalue weighted by atomic mass is 10.1. The third-order valence-electron chi connectivity index (χ3n) is 3.60. The quantitative estimate of drug-likeness (QED) is 0.872. The van der Waals surface area contributed by atoms with Gasteiger partial charge in [-0.05, 0) is 25.0 Å². The molecule has 1 N–H and O–H groups in total. The SMILES string of the molecule is COC(=O)CNC(=O)c1cc(C2CC2)nc2ccccc12. The average Bonchev–Trinajstić information content (AvgIpc) is 3.36. The number of para-hydroxylation sites is 1. The summed E-state index contributed by atoms with van der Waals surface area (Å²) in [4.78, 5) is 28.1. The zero-order valence-electron chi connectivity index (χ0n) is 11.8. The maximum absolute atomic E-state index is 12.3. The predicted octanol–water partition coefficient (Wildman–Crippen LogP) is 2.01. The number of rotatable bonds is 4. The van der Waals surface area contributed by atoms with Crippen molar-refractivity contribution >= 4 is 22.8 Å². The number of amides is 1. The molecule has 1 aromatic carbocycles. The highest BCUT2D eigenvalue weighted by Gasteiger charge is 2.26. The highest BCUT2D eigenvalue weighted by molar-refractivity contribution is 6.06. The standard InChI is InChI=1S/C16H16N2O3/c1-21-15(19)9-17-16(20)12-8-14(10-6-7-10)18-13-5-3-2-4-11(12)13/h2-5,8,10H,6-7,9H2,1H3,(H,17,20). The van der Waals surface area contributed by atoms with Crippen molar-refractivity contribution in [3.63, 3.8) is 0 Å². The Morgan fingerprint density at radius 3 is 2.81 bits per heavy atom. The third-order valence-corrected chi connectivity index (χ3v) is 3.60. The van der Waals surface area contributed by atoms with Crippen molar-refractivity contribution in [3.05, 3.63) is 41.6 Å². The molecule has 1 heterocycles. The van der Waals surface area contributed by atoms with E-state index in [0.29, 0.717) is 11.5 Å². The molecule has 1 aliphatic carbocycles. The Kier molecular flexibility index (Phi) is 3.56. The maximum atomic E-state index is 12.3. The topological polar surface area (TPSA) is 68.3 Å². The number of nitrogens with one attached hydrogen (secondary N) is 1. The summed E-state index contributed by atoms with van der Waals surface area (Å²) >= 11 is 0. The van der Waals surface area contributed by atoms with Gasteiger partial charge in [0, 0.05) is 17.0 Å². The fraction of sp³-hybridized carbons (Fsp3) is 0.312. The smallest absolute Gasteiger partial charge is 0.325 e. The summed E-state index contributed by atoms with van der Waals surface area (Å²) < 4.78 is 4.53. The Morgan fingerprint density at radius 1 is 1.33 bits per heavy atom. The lowest BCUT2D eigenvalue weighted by molar-refractivity contribution is -0.139. The van der Waals surface area contributed by atoms with Crippen molar-refractivity contribution in [3.8, 4) is 0 Å². The van der Waals surface area contributed by atoms with E-state index < -0.39 is 5.97 Å². The van der Waals surface area contributed by atoms with Gasteiger partial charge in [0.05, 0.1) is 18.2 Å². The molecule has 5 heteroatoms. The van der Waals surface area contributed by atoms with Crippen LogP contribution < -0.4 is 5.32 Å². The zero-order chi connectivity index (χ0) is 14.8. The molecule has 1 fully saturated rings. The van der Waals surface area contributed by atoms with E-state index in [1.807, 2.05) is 30.3 Å². The largest absolute Gasteiger partial charge is 0.468 e. The van der Waals surface area contributed by atoms with E-state index in [1.165, 1.54) is 7.11 Å². The number of nitrogens with zero attached hydrogens (tertiary/aromatic N) is 1. The normalized spacial score (nSPS) is 14.0. The summed E-state index contributed by atoms with van der Waals surface area (Å²) in [5.74, 6) is -0.285. The van der Waals surface area contributed by atoms with Gasteiger partial charge < -0.3 is 10.1 Å². The number of ether oxygens (including phenoxy) is 1. The minimum Gasteiger partial charge on any atom is -0.468 e. The minimum absolute atomic E-state index is 0.134. The van der Waals surface area contributed by atoms with Gasteiger partial charge in [0.15, 0.2) is 0 Å². The van der Waals surface area contributed by atoms with Crippen LogP contribution in [-0.4, -0.2) is 30.5 Å². The second-order valence-corrected chi connectivity index (χ2v) is 5.14. The van der Waals surface area contributed by atoms with Crippen LogP contribution in [0.25, 0.3) is 10.9 Å². The summed E-state index contributed by atoms with van der Waals surface area (Å²) in [6, 6.07) is 9.39. The highest BCUT2D eigenvalue weighted by atomic mass is 16.5. The molecular weight excluding hydrogens is 268 g/mol. The lowest BCUT2D eigenvalue weighted by Gasteiger charge is -2.09.